The second-order valence-electron chi connectivity index (χ2n) is 4.79. The minimum absolute atomic E-state index is 0.617. The highest BCUT2D eigenvalue weighted by molar-refractivity contribution is 7.39. The molecule has 0 amide bonds. The van der Waals surface area contributed by atoms with Crippen LogP contribution in [-0.2, 0) is 18.2 Å². The Bertz CT molecular complexity index is 234. The summed E-state index contributed by atoms with van der Waals surface area (Å²) in [5.41, 5.74) is 0. The molecule has 0 aromatic heterocycles. The molecule has 0 saturated heterocycles. The summed E-state index contributed by atoms with van der Waals surface area (Å²) in [4.78, 5) is 0. The molecule has 4 nitrogen and oxygen atoms in total. The molecule has 0 heterocycles. The third kappa shape index (κ3) is 14.5. The molecule has 0 aliphatic heterocycles. The molecule has 0 aliphatic rings. The standard InChI is InChI=1S/C14H30O4P2/c1-3-19(15)17-13-11-9-7-5-6-8-10-12-14-18-20(16)4-2/h3-14H2,1-2H3/q+2. The molecule has 2 atom stereocenters. The Morgan fingerprint density at radius 2 is 0.900 bits per heavy atom. The highest BCUT2D eigenvalue weighted by Gasteiger charge is 2.12. The Labute approximate surface area is 125 Å². The number of hydrogen-bond donors (Lipinski definition) is 0. The van der Waals surface area contributed by atoms with Crippen LogP contribution in [0.2, 0.25) is 0 Å². The predicted octanol–water partition coefficient (Wildman–Crippen LogP) is 5.67. The predicted molar refractivity (Wildman–Crippen MR) is 85.1 cm³/mol. The lowest BCUT2D eigenvalue weighted by Gasteiger charge is -2.00. The van der Waals surface area contributed by atoms with Gasteiger partial charge in [-0.3, -0.25) is 0 Å². The maximum absolute atomic E-state index is 11.0. The maximum Gasteiger partial charge on any atom is 0.507 e. The maximum atomic E-state index is 11.0. The largest absolute Gasteiger partial charge is 0.507 e. The van der Waals surface area contributed by atoms with Crippen LogP contribution in [0.4, 0.5) is 0 Å². The molecule has 2 unspecified atom stereocenters. The van der Waals surface area contributed by atoms with E-state index < -0.39 is 16.1 Å². The van der Waals surface area contributed by atoms with Crippen LogP contribution in [0.25, 0.3) is 0 Å². The minimum Gasteiger partial charge on any atom is -0.146 e. The van der Waals surface area contributed by atoms with E-state index in [9.17, 15) is 9.13 Å². The second kappa shape index (κ2) is 15.5. The quantitative estimate of drug-likeness (QED) is 0.288. The smallest absolute Gasteiger partial charge is 0.146 e. The fourth-order valence-corrected chi connectivity index (χ4v) is 2.81. The summed E-state index contributed by atoms with van der Waals surface area (Å²) < 4.78 is 32.4. The van der Waals surface area contributed by atoms with Crippen molar-refractivity contribution in [3.05, 3.63) is 0 Å². The topological polar surface area (TPSA) is 52.6 Å². The molecular weight excluding hydrogens is 294 g/mol. The Balaban J connectivity index is 3.06. The molecule has 0 aromatic rings. The van der Waals surface area contributed by atoms with Crippen LogP contribution in [-0.4, -0.2) is 25.5 Å². The molecule has 0 aromatic carbocycles. The SMILES string of the molecule is CC[P+](=O)OCCCCCCCCCCO[P+](=O)CC. The van der Waals surface area contributed by atoms with Gasteiger partial charge < -0.3 is 0 Å². The Morgan fingerprint density at radius 1 is 0.600 bits per heavy atom. The van der Waals surface area contributed by atoms with E-state index in [0.29, 0.717) is 25.5 Å². The first-order valence-corrected chi connectivity index (χ1v) is 10.6. The van der Waals surface area contributed by atoms with Gasteiger partial charge in [0.15, 0.2) is 12.3 Å². The summed E-state index contributed by atoms with van der Waals surface area (Å²) in [7, 11) is -2.81. The van der Waals surface area contributed by atoms with E-state index in [0.717, 1.165) is 25.7 Å². The summed E-state index contributed by atoms with van der Waals surface area (Å²) in [6.07, 6.45) is 10.5. The van der Waals surface area contributed by atoms with Gasteiger partial charge in [-0.25, -0.2) is 0 Å². The van der Waals surface area contributed by atoms with Crippen LogP contribution in [0, 0.1) is 0 Å². The fraction of sp³-hybridized carbons (Fsp3) is 1.00. The Kier molecular flexibility index (Phi) is 15.6. The number of unbranched alkanes of at least 4 members (excludes halogenated alkanes) is 7. The average molecular weight is 324 g/mol. The van der Waals surface area contributed by atoms with Crippen LogP contribution in [0.1, 0.15) is 65.2 Å². The Morgan fingerprint density at radius 3 is 1.20 bits per heavy atom. The lowest BCUT2D eigenvalue weighted by molar-refractivity contribution is 0.312. The second-order valence-corrected chi connectivity index (χ2v) is 7.91. The minimum atomic E-state index is -1.40. The van der Waals surface area contributed by atoms with E-state index in [1.807, 2.05) is 13.8 Å². The van der Waals surface area contributed by atoms with Gasteiger partial charge in [-0.15, -0.1) is 9.05 Å². The third-order valence-electron chi connectivity index (χ3n) is 3.03. The molecule has 0 bridgehead atoms. The van der Waals surface area contributed by atoms with Crippen LogP contribution >= 0.6 is 16.1 Å². The van der Waals surface area contributed by atoms with Gasteiger partial charge in [-0.05, 0) is 35.8 Å². The first-order chi connectivity index (χ1) is 9.70. The van der Waals surface area contributed by atoms with Crippen molar-refractivity contribution in [2.45, 2.75) is 65.2 Å². The molecule has 6 heteroatoms. The monoisotopic (exact) mass is 324 g/mol. The van der Waals surface area contributed by atoms with Crippen LogP contribution in [0.3, 0.4) is 0 Å². The van der Waals surface area contributed by atoms with Gasteiger partial charge in [0.25, 0.3) is 0 Å². The summed E-state index contributed by atoms with van der Waals surface area (Å²) in [6.45, 7) is 5.03. The average Bonchev–Trinajstić information content (AvgIpc) is 2.47. The van der Waals surface area contributed by atoms with E-state index >= 15 is 0 Å². The van der Waals surface area contributed by atoms with Crippen LogP contribution in [0.15, 0.2) is 0 Å². The van der Waals surface area contributed by atoms with Crippen molar-refractivity contribution in [1.82, 2.24) is 0 Å². The lowest BCUT2D eigenvalue weighted by Crippen LogP contribution is -1.90. The molecule has 0 aliphatic carbocycles. The first-order valence-electron chi connectivity index (χ1n) is 7.85. The van der Waals surface area contributed by atoms with E-state index in [4.69, 9.17) is 9.05 Å². The van der Waals surface area contributed by atoms with Gasteiger partial charge in [-0.1, -0.05) is 38.5 Å². The zero-order chi connectivity index (χ0) is 15.1. The van der Waals surface area contributed by atoms with Gasteiger partial charge in [0, 0.05) is 0 Å². The summed E-state index contributed by atoms with van der Waals surface area (Å²) in [5.74, 6) is 0. The van der Waals surface area contributed by atoms with E-state index in [1.54, 1.807) is 0 Å². The number of rotatable bonds is 15. The number of hydrogen-bond acceptors (Lipinski definition) is 4. The highest BCUT2D eigenvalue weighted by atomic mass is 31.1. The van der Waals surface area contributed by atoms with E-state index in [1.165, 1.54) is 25.7 Å². The molecular formula is C14H30O4P2+2. The lowest BCUT2D eigenvalue weighted by atomic mass is 10.1. The molecule has 0 saturated carbocycles. The van der Waals surface area contributed by atoms with E-state index in [-0.39, 0.29) is 0 Å². The highest BCUT2D eigenvalue weighted by Crippen LogP contribution is 2.22. The van der Waals surface area contributed by atoms with E-state index in [2.05, 4.69) is 0 Å². The van der Waals surface area contributed by atoms with Crippen LogP contribution < -0.4 is 0 Å². The normalized spacial score (nSPS) is 12.5. The molecule has 0 spiro atoms. The molecule has 0 fully saturated rings. The van der Waals surface area contributed by atoms with Gasteiger partial charge in [0.2, 0.25) is 0 Å². The van der Waals surface area contributed by atoms with Crippen LogP contribution in [0.5, 0.6) is 0 Å². The first kappa shape index (κ1) is 20.1. The third-order valence-corrected chi connectivity index (χ3v) is 5.00. The Hall–Kier alpha value is 0.120. The zero-order valence-corrected chi connectivity index (χ0v) is 14.8. The zero-order valence-electron chi connectivity index (χ0n) is 13.0. The van der Waals surface area contributed by atoms with Gasteiger partial charge in [0.05, 0.1) is 0 Å². The fourth-order valence-electron chi connectivity index (χ4n) is 1.78. The molecule has 118 valence electrons. The van der Waals surface area contributed by atoms with Crippen molar-refractivity contribution in [1.29, 1.82) is 0 Å². The van der Waals surface area contributed by atoms with Crippen molar-refractivity contribution < 1.29 is 18.2 Å². The van der Waals surface area contributed by atoms with Crippen molar-refractivity contribution >= 4 is 16.1 Å². The summed E-state index contributed by atoms with van der Waals surface area (Å²) >= 11 is 0. The van der Waals surface area contributed by atoms with Crippen molar-refractivity contribution in [3.63, 3.8) is 0 Å². The molecule has 0 radical (unpaired) electrons. The molecule has 0 rings (SSSR count). The van der Waals surface area contributed by atoms with Gasteiger partial charge in [-0.2, -0.15) is 0 Å². The summed E-state index contributed by atoms with van der Waals surface area (Å²) in [5, 5.41) is 0. The van der Waals surface area contributed by atoms with Gasteiger partial charge in [0.1, 0.15) is 13.2 Å². The molecule has 20 heavy (non-hydrogen) atoms. The van der Waals surface area contributed by atoms with Crippen molar-refractivity contribution in [2.24, 2.45) is 0 Å². The van der Waals surface area contributed by atoms with Crippen molar-refractivity contribution in [2.75, 3.05) is 25.5 Å². The van der Waals surface area contributed by atoms with Gasteiger partial charge >= 0.3 is 16.1 Å². The van der Waals surface area contributed by atoms with Crippen molar-refractivity contribution in [3.8, 4) is 0 Å². The summed E-state index contributed by atoms with van der Waals surface area (Å²) in [6, 6.07) is 0. The molecule has 0 N–H and O–H groups in total.